The van der Waals surface area contributed by atoms with Gasteiger partial charge in [0.1, 0.15) is 0 Å². The number of hydrogen-bond donors (Lipinski definition) is 0. The molecular formula is C26H23Cl2NO2. The third kappa shape index (κ3) is 3.18. The third-order valence-electron chi connectivity index (χ3n) is 6.54. The number of nitrogens with zero attached hydrogens (tertiary/aromatic N) is 1. The number of allylic oxidation sites excluding steroid dienone is 3. The fourth-order valence-corrected chi connectivity index (χ4v) is 5.47. The summed E-state index contributed by atoms with van der Waals surface area (Å²) in [5.41, 5.74) is 6.04. The van der Waals surface area contributed by atoms with Gasteiger partial charge in [-0.3, -0.25) is 9.59 Å². The summed E-state index contributed by atoms with van der Waals surface area (Å²) in [5, 5.41) is 0.897. The topological polar surface area (TPSA) is 37.4 Å². The molecule has 0 fully saturated rings. The molecule has 0 N–H and O–H groups in total. The summed E-state index contributed by atoms with van der Waals surface area (Å²) in [6.45, 7) is 2.96. The third-order valence-corrected chi connectivity index (χ3v) is 7.28. The molecule has 2 aliphatic carbocycles. The zero-order valence-electron chi connectivity index (χ0n) is 17.4. The lowest BCUT2D eigenvalue weighted by Gasteiger charge is -2.41. The largest absolute Gasteiger partial charge is 0.344 e. The molecule has 0 saturated carbocycles. The number of carbonyl (C=O) groups excluding carboxylic acids is 2. The summed E-state index contributed by atoms with van der Waals surface area (Å²) < 4.78 is 0. The maximum absolute atomic E-state index is 13.7. The molecule has 158 valence electrons. The maximum Gasteiger partial charge on any atom is 0.192 e. The zero-order valence-corrected chi connectivity index (χ0v) is 18.9. The molecule has 1 atom stereocenters. The Labute approximate surface area is 192 Å². The molecule has 1 heterocycles. The summed E-state index contributed by atoms with van der Waals surface area (Å²) in [4.78, 5) is 29.2. The van der Waals surface area contributed by atoms with Crippen LogP contribution in [0.5, 0.6) is 0 Å². The van der Waals surface area contributed by atoms with Gasteiger partial charge in [0.05, 0.1) is 15.7 Å². The average molecular weight is 452 g/mol. The van der Waals surface area contributed by atoms with E-state index >= 15 is 0 Å². The van der Waals surface area contributed by atoms with Crippen LogP contribution in [0.15, 0.2) is 59.3 Å². The van der Waals surface area contributed by atoms with Gasteiger partial charge in [-0.25, -0.2) is 0 Å². The van der Waals surface area contributed by atoms with E-state index in [-0.39, 0.29) is 11.6 Å². The van der Waals surface area contributed by atoms with Gasteiger partial charge in [-0.1, -0.05) is 66.9 Å². The van der Waals surface area contributed by atoms with E-state index in [0.29, 0.717) is 27.6 Å². The predicted molar refractivity (Wildman–Crippen MR) is 124 cm³/mol. The highest BCUT2D eigenvalue weighted by atomic mass is 35.5. The number of unbranched alkanes of at least 4 members (excludes halogenated alkanes) is 1. The average Bonchev–Trinajstić information content (AvgIpc) is 3.07. The molecule has 0 unspecified atom stereocenters. The normalized spacial score (nSPS) is 20.2. The maximum atomic E-state index is 13.7. The van der Waals surface area contributed by atoms with Crippen molar-refractivity contribution in [2.45, 2.75) is 44.9 Å². The highest BCUT2D eigenvalue weighted by Crippen LogP contribution is 2.53. The van der Waals surface area contributed by atoms with Gasteiger partial charge in [0, 0.05) is 46.9 Å². The SMILES string of the molecule is CCCCN1C2=C(C(=O)CCC2)[C@@H](c2ccc(Cl)c(Cl)c2)C2=C1c1ccccc1C2=O. The first-order valence-electron chi connectivity index (χ1n) is 10.9. The van der Waals surface area contributed by atoms with Gasteiger partial charge in [0.15, 0.2) is 11.6 Å². The van der Waals surface area contributed by atoms with Gasteiger partial charge in [-0.2, -0.15) is 0 Å². The molecular weight excluding hydrogens is 429 g/mol. The van der Waals surface area contributed by atoms with Gasteiger partial charge in [0.2, 0.25) is 0 Å². The monoisotopic (exact) mass is 451 g/mol. The minimum atomic E-state index is -0.412. The predicted octanol–water partition coefficient (Wildman–Crippen LogP) is 6.81. The minimum Gasteiger partial charge on any atom is -0.344 e. The summed E-state index contributed by atoms with van der Waals surface area (Å²) >= 11 is 12.5. The molecule has 0 spiro atoms. The lowest BCUT2D eigenvalue weighted by molar-refractivity contribution is -0.116. The van der Waals surface area contributed by atoms with Crippen LogP contribution in [0.2, 0.25) is 10.0 Å². The molecule has 0 saturated heterocycles. The summed E-state index contributed by atoms with van der Waals surface area (Å²) in [6, 6.07) is 13.3. The number of fused-ring (bicyclic) bond motifs is 2. The van der Waals surface area contributed by atoms with Crippen molar-refractivity contribution in [1.82, 2.24) is 4.90 Å². The van der Waals surface area contributed by atoms with E-state index in [4.69, 9.17) is 23.2 Å². The molecule has 5 rings (SSSR count). The van der Waals surface area contributed by atoms with Gasteiger partial charge >= 0.3 is 0 Å². The van der Waals surface area contributed by atoms with E-state index in [1.54, 1.807) is 6.07 Å². The van der Waals surface area contributed by atoms with Gasteiger partial charge < -0.3 is 4.90 Å². The highest BCUT2D eigenvalue weighted by Gasteiger charge is 2.46. The lowest BCUT2D eigenvalue weighted by Crippen LogP contribution is -2.35. The lowest BCUT2D eigenvalue weighted by atomic mass is 9.74. The fraction of sp³-hybridized carbons (Fsp3) is 0.308. The van der Waals surface area contributed by atoms with Crippen molar-refractivity contribution >= 4 is 40.5 Å². The Hall–Kier alpha value is -2.36. The fourth-order valence-electron chi connectivity index (χ4n) is 5.17. The molecule has 31 heavy (non-hydrogen) atoms. The molecule has 0 aromatic heterocycles. The van der Waals surface area contributed by atoms with E-state index in [2.05, 4.69) is 11.8 Å². The smallest absolute Gasteiger partial charge is 0.192 e. The van der Waals surface area contributed by atoms with Crippen molar-refractivity contribution in [3.8, 4) is 0 Å². The zero-order chi connectivity index (χ0) is 21.7. The van der Waals surface area contributed by atoms with E-state index in [9.17, 15) is 9.59 Å². The molecule has 0 radical (unpaired) electrons. The van der Waals surface area contributed by atoms with E-state index < -0.39 is 5.92 Å². The number of Topliss-reactive ketones (excluding diaryl/α,β-unsaturated/α-hetero) is 2. The van der Waals surface area contributed by atoms with Crippen molar-refractivity contribution in [2.75, 3.05) is 6.54 Å². The van der Waals surface area contributed by atoms with Crippen LogP contribution in [0, 0.1) is 0 Å². The Morgan fingerprint density at radius 1 is 0.968 bits per heavy atom. The Bertz CT molecular complexity index is 1180. The number of benzene rings is 2. The van der Waals surface area contributed by atoms with Gasteiger partial charge in [-0.15, -0.1) is 0 Å². The first-order chi connectivity index (χ1) is 15.0. The van der Waals surface area contributed by atoms with Gasteiger partial charge in [0.25, 0.3) is 0 Å². The van der Waals surface area contributed by atoms with Crippen LogP contribution in [0.4, 0.5) is 0 Å². The first-order valence-corrected chi connectivity index (χ1v) is 11.7. The van der Waals surface area contributed by atoms with Crippen molar-refractivity contribution < 1.29 is 9.59 Å². The van der Waals surface area contributed by atoms with Crippen LogP contribution < -0.4 is 0 Å². The van der Waals surface area contributed by atoms with Crippen molar-refractivity contribution in [1.29, 1.82) is 0 Å². The highest BCUT2D eigenvalue weighted by molar-refractivity contribution is 6.42. The quantitative estimate of drug-likeness (QED) is 0.512. The standard InChI is InChI=1S/C26H23Cl2NO2/c1-2-3-13-29-20-9-6-10-21(30)23(20)22(15-11-12-18(27)19(28)14-15)24-25(29)16-7-4-5-8-17(16)26(24)31/h4-5,7-8,11-12,14,22H,2-3,6,9-10,13H2,1H3/t22-/m1/s1. The first kappa shape index (κ1) is 20.5. The number of ketones is 2. The van der Waals surface area contributed by atoms with Crippen LogP contribution in [0.1, 0.15) is 66.4 Å². The molecule has 0 amide bonds. The Morgan fingerprint density at radius 2 is 1.74 bits per heavy atom. The molecule has 0 bridgehead atoms. The number of carbonyl (C=O) groups is 2. The molecule has 2 aromatic rings. The molecule has 3 nitrogen and oxygen atoms in total. The summed E-state index contributed by atoms with van der Waals surface area (Å²) in [7, 11) is 0. The van der Waals surface area contributed by atoms with Crippen molar-refractivity contribution in [3.05, 3.63) is 86.0 Å². The van der Waals surface area contributed by atoms with Crippen LogP contribution in [-0.2, 0) is 4.79 Å². The van der Waals surface area contributed by atoms with Crippen LogP contribution >= 0.6 is 23.2 Å². The number of hydrogen-bond acceptors (Lipinski definition) is 3. The Balaban J connectivity index is 1.79. The van der Waals surface area contributed by atoms with E-state index in [0.717, 1.165) is 60.3 Å². The minimum absolute atomic E-state index is 0.00749. The molecule has 2 aromatic carbocycles. The van der Waals surface area contributed by atoms with Crippen molar-refractivity contribution in [3.63, 3.8) is 0 Å². The Morgan fingerprint density at radius 3 is 2.48 bits per heavy atom. The van der Waals surface area contributed by atoms with Crippen LogP contribution in [0.3, 0.4) is 0 Å². The number of rotatable bonds is 4. The molecule has 3 aliphatic rings. The summed E-state index contributed by atoms with van der Waals surface area (Å²) in [6.07, 6.45) is 4.24. The second kappa shape index (κ2) is 7.96. The molecule has 1 aliphatic heterocycles. The van der Waals surface area contributed by atoms with Crippen LogP contribution in [0.25, 0.3) is 5.70 Å². The van der Waals surface area contributed by atoms with Crippen molar-refractivity contribution in [2.24, 2.45) is 0 Å². The molecule has 5 heteroatoms. The Kier molecular flexibility index (Phi) is 5.27. The second-order valence-corrected chi connectivity index (χ2v) is 9.20. The van der Waals surface area contributed by atoms with Gasteiger partial charge in [-0.05, 0) is 37.0 Å². The van der Waals surface area contributed by atoms with Crippen LogP contribution in [-0.4, -0.2) is 23.0 Å². The second-order valence-electron chi connectivity index (χ2n) is 8.39. The van der Waals surface area contributed by atoms with E-state index in [1.165, 1.54) is 0 Å². The number of halogens is 2. The summed E-state index contributed by atoms with van der Waals surface area (Å²) in [5.74, 6) is -0.271. The van der Waals surface area contributed by atoms with E-state index in [1.807, 2.05) is 36.4 Å².